The first kappa shape index (κ1) is 16.3. The van der Waals surface area contributed by atoms with E-state index in [9.17, 15) is 9.18 Å². The molecule has 1 aliphatic rings. The average molecular weight is 326 g/mol. The van der Waals surface area contributed by atoms with Gasteiger partial charge in [0.1, 0.15) is 0 Å². The van der Waals surface area contributed by atoms with Gasteiger partial charge in [-0.2, -0.15) is 4.39 Å². The fraction of sp³-hybridized carbons (Fsp3) is 0.316. The molecule has 0 saturated heterocycles. The van der Waals surface area contributed by atoms with Gasteiger partial charge in [0.2, 0.25) is 0 Å². The Kier molecular flexibility index (Phi) is 4.99. The summed E-state index contributed by atoms with van der Waals surface area (Å²) in [7, 11) is 0. The highest BCUT2D eigenvalue weighted by atomic mass is 19.1. The molecule has 1 aromatic carbocycles. The smallest absolute Gasteiger partial charge is 0.309 e. The number of hydrogen-bond acceptors (Lipinski definition) is 4. The molecule has 0 amide bonds. The summed E-state index contributed by atoms with van der Waals surface area (Å²) in [6, 6.07) is 8.03. The highest BCUT2D eigenvalue weighted by Gasteiger charge is 2.22. The molecule has 0 bridgehead atoms. The number of allylic oxidation sites excluding steroid dienone is 2. The van der Waals surface area contributed by atoms with E-state index in [1.165, 1.54) is 18.0 Å². The van der Waals surface area contributed by atoms with Gasteiger partial charge < -0.3 is 4.74 Å². The van der Waals surface area contributed by atoms with Crippen molar-refractivity contribution < 1.29 is 13.9 Å². The first-order valence-electron chi connectivity index (χ1n) is 8.11. The highest BCUT2D eigenvalue weighted by molar-refractivity contribution is 5.76. The van der Waals surface area contributed by atoms with Crippen LogP contribution in [0.25, 0.3) is 16.7 Å². The predicted octanol–water partition coefficient (Wildman–Crippen LogP) is 4.03. The molecule has 24 heavy (non-hydrogen) atoms. The lowest BCUT2D eigenvalue weighted by Gasteiger charge is -2.20. The fourth-order valence-corrected chi connectivity index (χ4v) is 2.91. The molecule has 0 N–H and O–H groups in total. The minimum absolute atomic E-state index is 0.0238. The number of benzene rings is 1. The van der Waals surface area contributed by atoms with E-state index < -0.39 is 6.08 Å². The van der Waals surface area contributed by atoms with Crippen LogP contribution in [0, 0.1) is 12.0 Å². The van der Waals surface area contributed by atoms with Crippen LogP contribution in [0.4, 0.5) is 4.39 Å². The van der Waals surface area contributed by atoms with Crippen molar-refractivity contribution in [2.75, 3.05) is 6.61 Å². The van der Waals surface area contributed by atoms with Gasteiger partial charge in [-0.05, 0) is 42.9 Å². The van der Waals surface area contributed by atoms with E-state index in [4.69, 9.17) is 4.74 Å². The van der Waals surface area contributed by atoms with Crippen LogP contribution in [0.3, 0.4) is 0 Å². The highest BCUT2D eigenvalue weighted by Crippen LogP contribution is 2.31. The van der Waals surface area contributed by atoms with Gasteiger partial charge in [0.25, 0.3) is 0 Å². The zero-order chi connectivity index (χ0) is 16.9. The van der Waals surface area contributed by atoms with Crippen LogP contribution in [0.2, 0.25) is 0 Å². The lowest BCUT2D eigenvalue weighted by Crippen LogP contribution is -2.19. The van der Waals surface area contributed by atoms with Gasteiger partial charge in [0.15, 0.2) is 0 Å². The van der Waals surface area contributed by atoms with Gasteiger partial charge in [0, 0.05) is 18.0 Å². The monoisotopic (exact) mass is 326 g/mol. The van der Waals surface area contributed by atoms with E-state index in [2.05, 4.69) is 16.0 Å². The Balaban J connectivity index is 1.70. The lowest BCUT2D eigenvalue weighted by atomic mass is 9.86. The predicted molar refractivity (Wildman–Crippen MR) is 89.4 cm³/mol. The molecule has 1 unspecified atom stereocenters. The summed E-state index contributed by atoms with van der Waals surface area (Å²) in [6.07, 6.45) is 6.75. The molecule has 0 aliphatic heterocycles. The second-order valence-electron chi connectivity index (χ2n) is 5.77. The number of ether oxygens (including phenoxy) is 1. The maximum Gasteiger partial charge on any atom is 0.309 e. The van der Waals surface area contributed by atoms with Crippen LogP contribution in [0.5, 0.6) is 0 Å². The van der Waals surface area contributed by atoms with Gasteiger partial charge in [-0.1, -0.05) is 30.3 Å². The van der Waals surface area contributed by atoms with Gasteiger partial charge in [-0.25, -0.2) is 9.97 Å². The molecule has 0 saturated carbocycles. The molecule has 0 spiro atoms. The van der Waals surface area contributed by atoms with Crippen LogP contribution in [-0.4, -0.2) is 22.5 Å². The molecule has 1 aromatic heterocycles. The maximum absolute atomic E-state index is 12.8. The standard InChI is InChI=1S/C19H19FN2O2/c1-2-24-18(23)16-9-7-14(8-10-16)13-3-5-15(6-4-13)17-11-21-19(20)22-12-17/h3-7,11-12,16H,2,8-10H2,1H3. The van der Waals surface area contributed by atoms with Crippen molar-refractivity contribution >= 4 is 11.5 Å². The van der Waals surface area contributed by atoms with Crippen LogP contribution < -0.4 is 0 Å². The van der Waals surface area contributed by atoms with Crippen molar-refractivity contribution in [3.63, 3.8) is 0 Å². The van der Waals surface area contributed by atoms with E-state index in [0.717, 1.165) is 36.0 Å². The molecule has 5 heteroatoms. The Bertz CT molecular complexity index is 739. The second kappa shape index (κ2) is 7.34. The SMILES string of the molecule is CCOC(=O)C1CC=C(c2ccc(-c3cnc(F)nc3)cc2)CC1. The molecule has 0 fully saturated rings. The molecule has 124 valence electrons. The van der Waals surface area contributed by atoms with Crippen molar-refractivity contribution in [3.05, 3.63) is 54.4 Å². The number of hydrogen-bond donors (Lipinski definition) is 0. The van der Waals surface area contributed by atoms with E-state index >= 15 is 0 Å². The zero-order valence-corrected chi connectivity index (χ0v) is 13.5. The summed E-state index contributed by atoms with van der Waals surface area (Å²) in [5.41, 5.74) is 4.11. The minimum Gasteiger partial charge on any atom is -0.466 e. The van der Waals surface area contributed by atoms with Crippen molar-refractivity contribution in [1.29, 1.82) is 0 Å². The number of rotatable bonds is 4. The topological polar surface area (TPSA) is 52.1 Å². The number of esters is 1. The molecule has 1 atom stereocenters. The van der Waals surface area contributed by atoms with Crippen LogP contribution in [0.15, 0.2) is 42.7 Å². The Morgan fingerprint density at radius 1 is 1.17 bits per heavy atom. The van der Waals surface area contributed by atoms with Crippen LogP contribution >= 0.6 is 0 Å². The number of carbonyl (C=O) groups excluding carboxylic acids is 1. The third kappa shape index (κ3) is 3.67. The Labute approximate surface area is 140 Å². The third-order valence-electron chi connectivity index (χ3n) is 4.24. The van der Waals surface area contributed by atoms with Crippen molar-refractivity contribution in [3.8, 4) is 11.1 Å². The van der Waals surface area contributed by atoms with Crippen LogP contribution in [0.1, 0.15) is 31.7 Å². The Morgan fingerprint density at radius 2 is 1.83 bits per heavy atom. The third-order valence-corrected chi connectivity index (χ3v) is 4.24. The number of halogens is 1. The van der Waals surface area contributed by atoms with Crippen molar-refractivity contribution in [2.24, 2.45) is 5.92 Å². The average Bonchev–Trinajstić information content (AvgIpc) is 2.63. The summed E-state index contributed by atoms with van der Waals surface area (Å²) in [6.45, 7) is 2.26. The van der Waals surface area contributed by atoms with E-state index in [1.54, 1.807) is 0 Å². The summed E-state index contributed by atoms with van der Waals surface area (Å²) >= 11 is 0. The van der Waals surface area contributed by atoms with Gasteiger partial charge in [-0.3, -0.25) is 4.79 Å². The van der Waals surface area contributed by atoms with Crippen molar-refractivity contribution in [2.45, 2.75) is 26.2 Å². The number of aromatic nitrogens is 2. The molecular weight excluding hydrogens is 307 g/mol. The summed E-state index contributed by atoms with van der Waals surface area (Å²) in [5.74, 6) is -0.121. The Morgan fingerprint density at radius 3 is 2.42 bits per heavy atom. The van der Waals surface area contributed by atoms with Crippen molar-refractivity contribution in [1.82, 2.24) is 9.97 Å². The number of carbonyl (C=O) groups is 1. The summed E-state index contributed by atoms with van der Waals surface area (Å²) in [4.78, 5) is 18.9. The van der Waals surface area contributed by atoms with Gasteiger partial charge in [-0.15, -0.1) is 0 Å². The van der Waals surface area contributed by atoms with E-state index in [0.29, 0.717) is 6.61 Å². The van der Waals surface area contributed by atoms with Gasteiger partial charge >= 0.3 is 12.0 Å². The number of nitrogens with zero attached hydrogens (tertiary/aromatic N) is 2. The molecule has 1 aliphatic carbocycles. The molecular formula is C19H19FN2O2. The van der Waals surface area contributed by atoms with E-state index in [-0.39, 0.29) is 11.9 Å². The van der Waals surface area contributed by atoms with Gasteiger partial charge in [0.05, 0.1) is 12.5 Å². The summed E-state index contributed by atoms with van der Waals surface area (Å²) in [5, 5.41) is 0. The zero-order valence-electron chi connectivity index (χ0n) is 13.5. The maximum atomic E-state index is 12.8. The molecule has 2 aromatic rings. The first-order valence-corrected chi connectivity index (χ1v) is 8.11. The molecule has 4 nitrogen and oxygen atoms in total. The Hall–Kier alpha value is -2.56. The van der Waals surface area contributed by atoms with Crippen LogP contribution in [-0.2, 0) is 9.53 Å². The molecule has 3 rings (SSSR count). The molecule has 1 heterocycles. The summed E-state index contributed by atoms with van der Waals surface area (Å²) < 4.78 is 17.9. The van der Waals surface area contributed by atoms with E-state index in [1.807, 2.05) is 31.2 Å². The largest absolute Gasteiger partial charge is 0.466 e. The minimum atomic E-state index is -0.723. The molecule has 0 radical (unpaired) electrons. The second-order valence-corrected chi connectivity index (χ2v) is 5.77. The first-order chi connectivity index (χ1) is 11.7. The fourth-order valence-electron chi connectivity index (χ4n) is 2.91. The lowest BCUT2D eigenvalue weighted by molar-refractivity contribution is -0.148. The normalized spacial score (nSPS) is 17.2. The quantitative estimate of drug-likeness (QED) is 0.629.